The molecule has 0 fully saturated rings. The van der Waals surface area contributed by atoms with E-state index in [1.165, 1.54) is 12.1 Å². The van der Waals surface area contributed by atoms with E-state index in [2.05, 4.69) is 25.2 Å². The maximum absolute atomic E-state index is 13.8. The van der Waals surface area contributed by atoms with Gasteiger partial charge in [-0.15, -0.1) is 0 Å². The zero-order chi connectivity index (χ0) is 20.5. The van der Waals surface area contributed by atoms with Crippen LogP contribution in [0.15, 0.2) is 79.3 Å². The Bertz CT molecular complexity index is 1370. The van der Waals surface area contributed by atoms with Crippen LogP contribution in [0.3, 0.4) is 0 Å². The highest BCUT2D eigenvalue weighted by Gasteiger charge is 2.12. The summed E-state index contributed by atoms with van der Waals surface area (Å²) in [5.74, 6) is -0.481. The number of anilines is 2. The number of urea groups is 1. The van der Waals surface area contributed by atoms with Crippen LogP contribution in [0.4, 0.5) is 20.6 Å². The van der Waals surface area contributed by atoms with Gasteiger partial charge in [0.15, 0.2) is 0 Å². The monoisotopic (exact) mass is 399 g/mol. The smallest absolute Gasteiger partial charge is 0.323 e. The number of nitrogens with zero attached hydrogens (tertiary/aromatic N) is 2. The normalized spacial score (nSPS) is 11.1. The fourth-order valence-corrected chi connectivity index (χ4v) is 3.64. The largest absolute Gasteiger partial charge is 0.346 e. The first-order valence-electron chi connectivity index (χ1n) is 9.50. The Hall–Kier alpha value is -4.13. The number of halogens is 1. The first-order valence-corrected chi connectivity index (χ1v) is 9.50. The summed E-state index contributed by atoms with van der Waals surface area (Å²) in [6.07, 6.45) is 5.71. The van der Waals surface area contributed by atoms with Crippen molar-refractivity contribution in [2.75, 3.05) is 10.6 Å². The number of aromatic nitrogens is 3. The summed E-state index contributed by atoms with van der Waals surface area (Å²) in [5, 5.41) is 7.34. The zero-order valence-corrected chi connectivity index (χ0v) is 15.9. The number of carbonyl (C=O) groups excluding carboxylic acids is 1. The van der Waals surface area contributed by atoms with Gasteiger partial charge in [0.05, 0.1) is 16.9 Å². The molecular formula is C23H18FN5O. The minimum Gasteiger partial charge on any atom is -0.346 e. The molecule has 0 spiro atoms. The van der Waals surface area contributed by atoms with Crippen LogP contribution in [0.2, 0.25) is 0 Å². The van der Waals surface area contributed by atoms with Crippen molar-refractivity contribution in [1.29, 1.82) is 0 Å². The lowest BCUT2D eigenvalue weighted by Gasteiger charge is -2.10. The lowest BCUT2D eigenvalue weighted by Crippen LogP contribution is -2.20. The first-order chi connectivity index (χ1) is 14.7. The van der Waals surface area contributed by atoms with E-state index in [-0.39, 0.29) is 5.69 Å². The van der Waals surface area contributed by atoms with E-state index in [4.69, 9.17) is 0 Å². The van der Waals surface area contributed by atoms with Crippen molar-refractivity contribution in [3.8, 4) is 0 Å². The summed E-state index contributed by atoms with van der Waals surface area (Å²) in [6.45, 7) is 0.667. The van der Waals surface area contributed by atoms with E-state index in [0.29, 0.717) is 12.2 Å². The number of fused-ring (bicyclic) bond motifs is 2. The van der Waals surface area contributed by atoms with Crippen LogP contribution in [-0.4, -0.2) is 20.6 Å². The molecule has 30 heavy (non-hydrogen) atoms. The molecule has 0 radical (unpaired) electrons. The molecule has 0 saturated carbocycles. The summed E-state index contributed by atoms with van der Waals surface area (Å²) in [7, 11) is 0. The molecule has 0 aliphatic carbocycles. The van der Waals surface area contributed by atoms with Crippen molar-refractivity contribution in [2.24, 2.45) is 0 Å². The molecular weight excluding hydrogens is 381 g/mol. The van der Waals surface area contributed by atoms with E-state index in [1.54, 1.807) is 18.3 Å². The van der Waals surface area contributed by atoms with Gasteiger partial charge in [0.25, 0.3) is 0 Å². The maximum atomic E-state index is 13.8. The van der Waals surface area contributed by atoms with Crippen LogP contribution in [-0.2, 0) is 6.54 Å². The number of benzene rings is 2. The van der Waals surface area contributed by atoms with Crippen LogP contribution < -0.4 is 10.6 Å². The quantitative estimate of drug-likeness (QED) is 0.381. The Morgan fingerprint density at radius 3 is 2.70 bits per heavy atom. The Balaban J connectivity index is 1.41. The number of carbonyl (C=O) groups is 1. The Morgan fingerprint density at radius 1 is 0.967 bits per heavy atom. The van der Waals surface area contributed by atoms with Gasteiger partial charge in [0.2, 0.25) is 0 Å². The van der Waals surface area contributed by atoms with E-state index in [1.807, 2.05) is 48.8 Å². The lowest BCUT2D eigenvalue weighted by molar-refractivity contribution is 0.262. The van der Waals surface area contributed by atoms with Gasteiger partial charge in [-0.1, -0.05) is 18.2 Å². The average molecular weight is 399 g/mol. The minimum atomic E-state index is -0.497. The average Bonchev–Trinajstić information content (AvgIpc) is 3.35. The summed E-state index contributed by atoms with van der Waals surface area (Å²) in [4.78, 5) is 19.9. The van der Waals surface area contributed by atoms with Gasteiger partial charge in [-0.3, -0.25) is 0 Å². The van der Waals surface area contributed by atoms with Gasteiger partial charge in [-0.25, -0.2) is 14.2 Å². The summed E-state index contributed by atoms with van der Waals surface area (Å²) < 4.78 is 15.9. The molecule has 0 bridgehead atoms. The molecule has 5 aromatic rings. The maximum Gasteiger partial charge on any atom is 0.323 e. The number of amides is 2. The Labute approximate surface area is 171 Å². The van der Waals surface area contributed by atoms with Crippen molar-refractivity contribution in [1.82, 2.24) is 14.5 Å². The van der Waals surface area contributed by atoms with E-state index in [9.17, 15) is 9.18 Å². The second kappa shape index (κ2) is 7.36. The zero-order valence-electron chi connectivity index (χ0n) is 15.9. The number of nitrogens with one attached hydrogen (secondary N) is 3. The fraction of sp³-hybridized carbons (Fsp3) is 0.0435. The SMILES string of the molecule is O=C(Nc1ccccc1F)Nc1cccc2c1ccn2Cc1c[nH]c2ncccc12. The molecule has 3 N–H and O–H groups in total. The highest BCUT2D eigenvalue weighted by atomic mass is 19.1. The van der Waals surface area contributed by atoms with Gasteiger partial charge >= 0.3 is 6.03 Å². The Kier molecular flexibility index (Phi) is 4.40. The third-order valence-corrected chi connectivity index (χ3v) is 5.06. The van der Waals surface area contributed by atoms with Gasteiger partial charge in [-0.05, 0) is 48.0 Å². The van der Waals surface area contributed by atoms with Crippen LogP contribution in [0, 0.1) is 5.82 Å². The van der Waals surface area contributed by atoms with Crippen molar-refractivity contribution in [3.05, 3.63) is 90.6 Å². The van der Waals surface area contributed by atoms with E-state index >= 15 is 0 Å². The third kappa shape index (κ3) is 3.26. The molecule has 2 aromatic carbocycles. The van der Waals surface area contributed by atoms with Crippen LogP contribution in [0.25, 0.3) is 21.9 Å². The van der Waals surface area contributed by atoms with Gasteiger partial charge in [-0.2, -0.15) is 0 Å². The van der Waals surface area contributed by atoms with Crippen molar-refractivity contribution < 1.29 is 9.18 Å². The molecule has 3 heterocycles. The second-order valence-corrected chi connectivity index (χ2v) is 6.95. The first kappa shape index (κ1) is 17.9. The van der Waals surface area contributed by atoms with E-state index < -0.39 is 11.8 Å². The molecule has 7 heteroatoms. The molecule has 0 unspecified atom stereocenters. The van der Waals surface area contributed by atoms with Gasteiger partial charge in [0.1, 0.15) is 11.5 Å². The predicted octanol–water partition coefficient (Wildman–Crippen LogP) is 5.35. The lowest BCUT2D eigenvalue weighted by atomic mass is 10.2. The molecule has 0 aliphatic heterocycles. The van der Waals surface area contributed by atoms with Gasteiger partial charge in [0, 0.05) is 35.9 Å². The summed E-state index contributed by atoms with van der Waals surface area (Å²) in [5.41, 5.74) is 3.76. The number of hydrogen-bond donors (Lipinski definition) is 3. The van der Waals surface area contributed by atoms with E-state index in [0.717, 1.165) is 27.5 Å². The molecule has 2 amide bonds. The molecule has 6 nitrogen and oxygen atoms in total. The van der Waals surface area contributed by atoms with Gasteiger partial charge < -0.3 is 20.2 Å². The summed E-state index contributed by atoms with van der Waals surface area (Å²) in [6, 6.07) is 17.2. The highest BCUT2D eigenvalue weighted by molar-refractivity contribution is 6.05. The highest BCUT2D eigenvalue weighted by Crippen LogP contribution is 2.27. The molecule has 3 aromatic heterocycles. The number of aromatic amines is 1. The second-order valence-electron chi connectivity index (χ2n) is 6.95. The van der Waals surface area contributed by atoms with Crippen LogP contribution >= 0.6 is 0 Å². The molecule has 0 atom stereocenters. The van der Waals surface area contributed by atoms with Crippen LogP contribution in [0.5, 0.6) is 0 Å². The number of hydrogen-bond acceptors (Lipinski definition) is 2. The standard InChI is InChI=1S/C23H18FN5O/c24-18-6-1-2-7-20(18)28-23(30)27-19-8-3-9-21-17(19)10-12-29(21)14-15-13-26-22-16(15)5-4-11-25-22/h1-13H,14H2,(H,25,26)(H2,27,28,30). The molecule has 148 valence electrons. The molecule has 5 rings (SSSR count). The topological polar surface area (TPSA) is 74.7 Å². The number of H-pyrrole nitrogens is 1. The third-order valence-electron chi connectivity index (χ3n) is 5.06. The van der Waals surface area contributed by atoms with Crippen molar-refractivity contribution >= 4 is 39.3 Å². The van der Waals surface area contributed by atoms with Crippen molar-refractivity contribution in [2.45, 2.75) is 6.54 Å². The fourth-order valence-electron chi connectivity index (χ4n) is 3.64. The number of para-hydroxylation sites is 1. The number of rotatable bonds is 4. The van der Waals surface area contributed by atoms with Crippen LogP contribution in [0.1, 0.15) is 5.56 Å². The summed E-state index contributed by atoms with van der Waals surface area (Å²) >= 11 is 0. The molecule has 0 aliphatic rings. The predicted molar refractivity (Wildman–Crippen MR) is 116 cm³/mol. The van der Waals surface area contributed by atoms with Crippen molar-refractivity contribution in [3.63, 3.8) is 0 Å². The Morgan fingerprint density at radius 2 is 1.80 bits per heavy atom. The number of pyridine rings is 1. The molecule has 0 saturated heterocycles. The minimum absolute atomic E-state index is 0.132.